The minimum Gasteiger partial charge on any atom is -0.444 e. The lowest BCUT2D eigenvalue weighted by molar-refractivity contribution is -0.171. The number of alkyl carbamates (subject to hydrolysis) is 2. The molecule has 5 N–H and O–H groups in total. The molecule has 55 heavy (non-hydrogen) atoms. The van der Waals surface area contributed by atoms with Crippen molar-refractivity contribution in [3.05, 3.63) is 40.3 Å². The Kier molecular flexibility index (Phi) is 22.2. The summed E-state index contributed by atoms with van der Waals surface area (Å²) in [4.78, 5) is 59.9. The Balaban J connectivity index is 0.000000495. The van der Waals surface area contributed by atoms with Crippen molar-refractivity contribution in [2.24, 2.45) is 17.6 Å². The van der Waals surface area contributed by atoms with E-state index in [-0.39, 0.29) is 17.7 Å². The normalized spacial score (nSPS) is 20.7. The smallest absolute Gasteiger partial charge is 0.408 e. The molecular weight excluding hydrogens is 741 g/mol. The van der Waals surface area contributed by atoms with Gasteiger partial charge >= 0.3 is 12.2 Å². The molecule has 0 aromatic carbocycles. The van der Waals surface area contributed by atoms with Crippen molar-refractivity contribution in [1.82, 2.24) is 26.0 Å². The van der Waals surface area contributed by atoms with E-state index in [1.54, 1.807) is 64.9 Å². The van der Waals surface area contributed by atoms with Gasteiger partial charge in [-0.15, -0.1) is 23.1 Å². The number of nitrogens with zero attached hydrogens (tertiary/aromatic N) is 2. The fourth-order valence-corrected chi connectivity index (χ4v) is 6.98. The summed E-state index contributed by atoms with van der Waals surface area (Å²) in [5.74, 6) is 0.218. The molecule has 1 aromatic heterocycles. The Morgan fingerprint density at radius 3 is 1.89 bits per heavy atom. The lowest BCUT2D eigenvalue weighted by Gasteiger charge is -2.32. The van der Waals surface area contributed by atoms with Gasteiger partial charge in [0, 0.05) is 36.4 Å². The Hall–Kier alpha value is -3.14. The predicted molar refractivity (Wildman–Crippen MR) is 224 cm³/mol. The third-order valence-electron chi connectivity index (χ3n) is 8.77. The molecular formula is C40H70N6O7S2. The molecule has 13 nitrogen and oxygen atoms in total. The average molecular weight is 811 g/mol. The molecule has 2 aliphatic rings. The van der Waals surface area contributed by atoms with Gasteiger partial charge in [0.15, 0.2) is 5.01 Å². The molecule has 3 rings (SSSR count). The highest BCUT2D eigenvalue weighted by atomic mass is 32.2. The van der Waals surface area contributed by atoms with E-state index in [4.69, 9.17) is 20.0 Å². The molecule has 3 amide bonds. The number of amides is 3. The molecule has 0 radical (unpaired) electrons. The van der Waals surface area contributed by atoms with Crippen molar-refractivity contribution >= 4 is 47.0 Å². The number of allylic oxidation sites excluding steroid dienone is 2. The van der Waals surface area contributed by atoms with Gasteiger partial charge in [-0.1, -0.05) is 38.8 Å². The first-order valence-electron chi connectivity index (χ1n) is 19.1. The Labute approximate surface area is 338 Å². The fourth-order valence-electron chi connectivity index (χ4n) is 6.35. The third-order valence-corrected chi connectivity index (χ3v) is 10.3. The minimum absolute atomic E-state index is 0.147. The molecule has 2 fully saturated rings. The second kappa shape index (κ2) is 24.5. The van der Waals surface area contributed by atoms with Crippen LogP contribution < -0.4 is 21.7 Å². The van der Waals surface area contributed by atoms with Gasteiger partial charge in [-0.3, -0.25) is 14.4 Å². The van der Waals surface area contributed by atoms with Gasteiger partial charge in [0.1, 0.15) is 17.2 Å². The SMILES string of the molecule is C=C(C)NC1CCCC(C[C@H](NC(=O)OC(C)(C)C)C(=O)c2nccs2)C1.C=C(C)SC.CON(C)C(=O)[C@H](CC1CCCC(N)C1)NC(=O)OC(C)(C)C. The average Bonchev–Trinajstić information content (AvgIpc) is 3.61. The zero-order valence-corrected chi connectivity index (χ0v) is 36.9. The van der Waals surface area contributed by atoms with E-state index in [2.05, 4.69) is 34.1 Å². The van der Waals surface area contributed by atoms with Crippen molar-refractivity contribution < 1.29 is 33.5 Å². The molecule has 1 heterocycles. The summed E-state index contributed by atoms with van der Waals surface area (Å²) < 4.78 is 10.6. The largest absolute Gasteiger partial charge is 0.444 e. The number of thioether (sulfide) groups is 1. The standard InChI is InChI=1S/C20H31N3O3S.C16H31N3O4.C4H8S/c1-13(2)22-15-8-6-7-14(11-15)12-16(17(24)18-21-9-10-27-18)23-19(25)26-20(3,4)5;1-16(2,3)23-15(21)18-13(14(20)19(4)22-5)10-11-7-6-8-12(17)9-11;1-4(2)5-3/h9-10,14-16,22H,1,6-8,11-12H2,2-5H3,(H,23,25);11-13H,6-10,17H2,1-5H3,(H,18,21);1H2,2-3H3/t14?,15?,16-;11?,12?,13-;/m00./s1. The van der Waals surface area contributed by atoms with Crippen molar-refractivity contribution in [2.75, 3.05) is 20.4 Å². The highest BCUT2D eigenvalue weighted by Gasteiger charge is 2.33. The topological polar surface area (TPSA) is 174 Å². The lowest BCUT2D eigenvalue weighted by atomic mass is 9.81. The minimum atomic E-state index is -0.676. The van der Waals surface area contributed by atoms with Crippen LogP contribution in [0.2, 0.25) is 0 Å². The number of hydroxylamine groups is 2. The number of ether oxygens (including phenoxy) is 2. The van der Waals surface area contributed by atoms with Crippen LogP contribution in [0.5, 0.6) is 0 Å². The molecule has 0 saturated heterocycles. The van der Waals surface area contributed by atoms with Crippen molar-refractivity contribution in [3.63, 3.8) is 0 Å². The van der Waals surface area contributed by atoms with Crippen LogP contribution in [0.1, 0.15) is 129 Å². The van der Waals surface area contributed by atoms with Gasteiger partial charge in [-0.2, -0.15) is 0 Å². The Bertz CT molecular complexity index is 1360. The zero-order valence-electron chi connectivity index (χ0n) is 35.3. The number of carbonyl (C=O) groups excluding carboxylic acids is 4. The first-order chi connectivity index (χ1) is 25.5. The molecule has 0 aliphatic heterocycles. The second-order valence-corrected chi connectivity index (χ2v) is 18.4. The lowest BCUT2D eigenvalue weighted by Crippen LogP contribution is -2.49. The van der Waals surface area contributed by atoms with Crippen molar-refractivity contribution in [2.45, 2.75) is 155 Å². The maximum absolute atomic E-state index is 12.9. The summed E-state index contributed by atoms with van der Waals surface area (Å²) in [6.07, 6.45) is 11.8. The van der Waals surface area contributed by atoms with E-state index in [1.807, 2.05) is 20.1 Å². The van der Waals surface area contributed by atoms with E-state index >= 15 is 0 Å². The Morgan fingerprint density at radius 1 is 0.927 bits per heavy atom. The number of nitrogens with one attached hydrogen (secondary N) is 3. The number of carbonyl (C=O) groups is 4. The fraction of sp³-hybridized carbons (Fsp3) is 0.725. The summed E-state index contributed by atoms with van der Waals surface area (Å²) >= 11 is 2.98. The van der Waals surface area contributed by atoms with Crippen LogP contribution in [0.15, 0.2) is 35.3 Å². The predicted octanol–water partition coefficient (Wildman–Crippen LogP) is 7.98. The summed E-state index contributed by atoms with van der Waals surface area (Å²) in [5.41, 5.74) is 5.75. The van der Waals surface area contributed by atoms with Crippen molar-refractivity contribution in [1.29, 1.82) is 0 Å². The number of ketones is 1. The summed E-state index contributed by atoms with van der Waals surface area (Å²) in [6, 6.07) is -0.755. The number of Topliss-reactive ketones (excluding diaryl/α,β-unsaturated/α-hetero) is 1. The van der Waals surface area contributed by atoms with Crippen molar-refractivity contribution in [3.8, 4) is 0 Å². The van der Waals surface area contributed by atoms with Gasteiger partial charge in [-0.05, 0) is 117 Å². The number of hydrogen-bond acceptors (Lipinski definition) is 12. The van der Waals surface area contributed by atoms with Crippen LogP contribution in [-0.2, 0) is 19.1 Å². The molecule has 6 atom stereocenters. The van der Waals surface area contributed by atoms with Gasteiger partial charge in [0.05, 0.1) is 13.2 Å². The third kappa shape index (κ3) is 22.3. The van der Waals surface area contributed by atoms with E-state index in [1.165, 1.54) is 30.4 Å². The van der Waals surface area contributed by atoms with E-state index in [0.717, 1.165) is 62.1 Å². The van der Waals surface area contributed by atoms with Crippen LogP contribution >= 0.6 is 23.1 Å². The highest BCUT2D eigenvalue weighted by molar-refractivity contribution is 8.02. The van der Waals surface area contributed by atoms with Gasteiger partial charge in [0.2, 0.25) is 5.78 Å². The molecule has 2 aliphatic carbocycles. The first-order valence-corrected chi connectivity index (χ1v) is 21.2. The molecule has 0 bridgehead atoms. The summed E-state index contributed by atoms with van der Waals surface area (Å²) in [5, 5.41) is 12.2. The number of rotatable bonds is 13. The van der Waals surface area contributed by atoms with Crippen LogP contribution in [0.3, 0.4) is 0 Å². The molecule has 0 spiro atoms. The zero-order chi connectivity index (χ0) is 41.9. The quantitative estimate of drug-likeness (QED) is 0.112. The summed E-state index contributed by atoms with van der Waals surface area (Å²) in [6.45, 7) is 22.3. The monoisotopic (exact) mass is 810 g/mol. The first kappa shape index (κ1) is 49.9. The van der Waals surface area contributed by atoms with Gasteiger partial charge in [-0.25, -0.2) is 19.6 Å². The van der Waals surface area contributed by atoms with E-state index in [9.17, 15) is 19.2 Å². The number of thiazole rings is 1. The van der Waals surface area contributed by atoms with Gasteiger partial charge in [0.25, 0.3) is 5.91 Å². The van der Waals surface area contributed by atoms with Gasteiger partial charge < -0.3 is 31.2 Å². The molecule has 1 aromatic rings. The molecule has 2 saturated carbocycles. The van der Waals surface area contributed by atoms with Crippen LogP contribution in [0, 0.1) is 11.8 Å². The summed E-state index contributed by atoms with van der Waals surface area (Å²) in [7, 11) is 2.94. The maximum Gasteiger partial charge on any atom is 0.408 e. The second-order valence-electron chi connectivity index (χ2n) is 16.4. The number of nitrogens with two attached hydrogens (primary N) is 1. The van der Waals surface area contributed by atoms with E-state index in [0.29, 0.717) is 35.7 Å². The van der Waals surface area contributed by atoms with E-state index < -0.39 is 35.5 Å². The number of aromatic nitrogens is 1. The Morgan fingerprint density at radius 2 is 1.44 bits per heavy atom. The highest BCUT2D eigenvalue weighted by Crippen LogP contribution is 2.30. The van der Waals surface area contributed by atoms with Crippen LogP contribution in [0.4, 0.5) is 9.59 Å². The van der Waals surface area contributed by atoms with Crippen LogP contribution in [-0.4, -0.2) is 89.7 Å². The molecule has 4 unspecified atom stereocenters. The molecule has 314 valence electrons. The number of hydrogen-bond donors (Lipinski definition) is 4. The number of likely N-dealkylation sites (N-methyl/N-ethyl adjacent to an activating group) is 1. The molecule has 15 heteroatoms. The van der Waals surface area contributed by atoms with Crippen LogP contribution in [0.25, 0.3) is 0 Å². The maximum atomic E-state index is 12.9.